The van der Waals surface area contributed by atoms with Crippen molar-refractivity contribution in [3.05, 3.63) is 24.3 Å². The predicted molar refractivity (Wildman–Crippen MR) is 121 cm³/mol. The Morgan fingerprint density at radius 2 is 1.66 bits per heavy atom. The molecule has 4 fully saturated rings. The highest BCUT2D eigenvalue weighted by molar-refractivity contribution is 5.90. The molecule has 2 atom stereocenters. The summed E-state index contributed by atoms with van der Waals surface area (Å²) < 4.78 is 11.8. The van der Waals surface area contributed by atoms with Crippen LogP contribution in [0.25, 0.3) is 0 Å². The van der Waals surface area contributed by atoms with Crippen LogP contribution in [0.4, 0.5) is 0 Å². The average Bonchev–Trinajstić information content (AvgIpc) is 2.75. The molecule has 0 saturated heterocycles. The van der Waals surface area contributed by atoms with Crippen molar-refractivity contribution < 1.29 is 19.1 Å². The van der Waals surface area contributed by atoms with Gasteiger partial charge in [-0.25, -0.2) is 0 Å². The van der Waals surface area contributed by atoms with Crippen molar-refractivity contribution in [2.45, 2.75) is 64.5 Å². The van der Waals surface area contributed by atoms with E-state index in [1.807, 2.05) is 38.1 Å². The molecule has 4 aliphatic carbocycles. The second-order valence-electron chi connectivity index (χ2n) is 11.1. The summed E-state index contributed by atoms with van der Waals surface area (Å²) in [6.07, 6.45) is 6.69. The molecule has 1 N–H and O–H groups in total. The van der Waals surface area contributed by atoms with Gasteiger partial charge in [0.25, 0.3) is 0 Å². The minimum absolute atomic E-state index is 0.0204. The molecule has 32 heavy (non-hydrogen) atoms. The van der Waals surface area contributed by atoms with Gasteiger partial charge >= 0.3 is 0 Å². The average molecular weight is 441 g/mol. The van der Waals surface area contributed by atoms with Crippen LogP contribution in [0.1, 0.15) is 52.4 Å². The number of likely N-dealkylation sites (N-methyl/N-ethyl adjacent to an activating group) is 1. The molecule has 1 aliphatic heterocycles. The van der Waals surface area contributed by atoms with E-state index >= 15 is 0 Å². The Bertz CT molecular complexity index is 847. The van der Waals surface area contributed by atoms with Crippen molar-refractivity contribution >= 4 is 11.8 Å². The Morgan fingerprint density at radius 1 is 1.06 bits per heavy atom. The van der Waals surface area contributed by atoms with E-state index in [0.29, 0.717) is 36.7 Å². The lowest BCUT2D eigenvalue weighted by Gasteiger charge is -2.56. The number of rotatable bonds is 6. The molecule has 0 unspecified atom stereocenters. The van der Waals surface area contributed by atoms with Crippen LogP contribution in [0.2, 0.25) is 0 Å². The van der Waals surface area contributed by atoms with Crippen molar-refractivity contribution in [3.63, 3.8) is 0 Å². The number of fused-ring (bicyclic) bond motifs is 1. The number of nitrogens with one attached hydrogen (secondary N) is 1. The number of ether oxygens (including phenoxy) is 2. The molecule has 1 aromatic rings. The van der Waals surface area contributed by atoms with Gasteiger partial charge in [-0.05, 0) is 74.3 Å². The van der Waals surface area contributed by atoms with Gasteiger partial charge in [-0.2, -0.15) is 0 Å². The van der Waals surface area contributed by atoms with Crippen LogP contribution < -0.4 is 14.8 Å². The standard InChI is InChI=1S/C26H36N2O4/c1-16(2)23(27-25(30)26-11-17-8-18(12-26)10-19(9-17)13-26)24(29)28(3)14-20-15-31-21-6-4-5-7-22(21)32-20/h4-7,16-20,23H,8-15H2,1-3H3,(H,27,30)/t17?,18?,19?,20-,23-,26?/m0/s1. The zero-order valence-corrected chi connectivity index (χ0v) is 19.5. The molecular formula is C26H36N2O4. The van der Waals surface area contributed by atoms with E-state index in [1.54, 1.807) is 11.9 Å². The molecule has 6 nitrogen and oxygen atoms in total. The lowest BCUT2D eigenvalue weighted by atomic mass is 9.49. The summed E-state index contributed by atoms with van der Waals surface area (Å²) in [6, 6.07) is 7.07. The minimum Gasteiger partial charge on any atom is -0.486 e. The van der Waals surface area contributed by atoms with E-state index in [1.165, 1.54) is 19.3 Å². The highest BCUT2D eigenvalue weighted by Gasteiger charge is 2.55. The normalized spacial score (nSPS) is 33.1. The quantitative estimate of drug-likeness (QED) is 0.733. The molecule has 4 bridgehead atoms. The van der Waals surface area contributed by atoms with Crippen molar-refractivity contribution in [2.24, 2.45) is 29.1 Å². The summed E-state index contributed by atoms with van der Waals surface area (Å²) >= 11 is 0. The molecule has 174 valence electrons. The zero-order valence-electron chi connectivity index (χ0n) is 19.5. The highest BCUT2D eigenvalue weighted by Crippen LogP contribution is 2.60. The Hall–Kier alpha value is -2.24. The zero-order chi connectivity index (χ0) is 22.5. The number of hydrogen-bond acceptors (Lipinski definition) is 4. The highest BCUT2D eigenvalue weighted by atomic mass is 16.6. The van der Waals surface area contributed by atoms with Crippen molar-refractivity contribution in [1.82, 2.24) is 10.2 Å². The number of benzene rings is 1. The molecule has 4 saturated carbocycles. The van der Waals surface area contributed by atoms with Crippen LogP contribution in [0, 0.1) is 29.1 Å². The van der Waals surface area contributed by atoms with Crippen molar-refractivity contribution in [2.75, 3.05) is 20.2 Å². The second kappa shape index (κ2) is 8.27. The number of amides is 2. The largest absolute Gasteiger partial charge is 0.486 e. The van der Waals surface area contributed by atoms with E-state index < -0.39 is 6.04 Å². The Labute approximate surface area is 191 Å². The first-order valence-corrected chi connectivity index (χ1v) is 12.3. The third-order valence-electron chi connectivity index (χ3n) is 8.16. The van der Waals surface area contributed by atoms with Crippen molar-refractivity contribution in [1.29, 1.82) is 0 Å². The smallest absolute Gasteiger partial charge is 0.245 e. The van der Waals surface area contributed by atoms with Gasteiger partial charge in [-0.1, -0.05) is 26.0 Å². The Kier molecular flexibility index (Phi) is 5.58. The van der Waals surface area contributed by atoms with Gasteiger partial charge in [-0.3, -0.25) is 9.59 Å². The molecular weight excluding hydrogens is 404 g/mol. The van der Waals surface area contributed by atoms with Crippen LogP contribution in [0.3, 0.4) is 0 Å². The van der Waals surface area contributed by atoms with E-state index in [9.17, 15) is 9.59 Å². The first-order chi connectivity index (χ1) is 15.3. The van der Waals surface area contributed by atoms with E-state index in [4.69, 9.17) is 9.47 Å². The van der Waals surface area contributed by atoms with Crippen LogP contribution in [-0.2, 0) is 9.59 Å². The number of para-hydroxylation sites is 2. The number of hydrogen-bond donors (Lipinski definition) is 1. The predicted octanol–water partition coefficient (Wildman–Crippen LogP) is 3.64. The maximum Gasteiger partial charge on any atom is 0.245 e. The second-order valence-corrected chi connectivity index (χ2v) is 11.1. The lowest BCUT2D eigenvalue weighted by Crippen LogP contribution is -2.59. The lowest BCUT2D eigenvalue weighted by molar-refractivity contribution is -0.150. The fourth-order valence-electron chi connectivity index (χ4n) is 6.98. The van der Waals surface area contributed by atoms with Crippen LogP contribution >= 0.6 is 0 Å². The number of carbonyl (C=O) groups is 2. The fraction of sp³-hybridized carbons (Fsp3) is 0.692. The molecule has 6 heteroatoms. The van der Waals surface area contributed by atoms with Gasteiger partial charge < -0.3 is 19.7 Å². The molecule has 0 spiro atoms. The summed E-state index contributed by atoms with van der Waals surface area (Å²) in [4.78, 5) is 28.6. The van der Waals surface area contributed by atoms with Crippen LogP contribution in [0.5, 0.6) is 11.5 Å². The first kappa shape index (κ1) is 21.6. The molecule has 0 radical (unpaired) electrons. The van der Waals surface area contributed by atoms with Gasteiger partial charge in [0.2, 0.25) is 11.8 Å². The van der Waals surface area contributed by atoms with Crippen molar-refractivity contribution in [3.8, 4) is 11.5 Å². The van der Waals surface area contributed by atoms with Gasteiger partial charge in [-0.15, -0.1) is 0 Å². The monoisotopic (exact) mass is 440 g/mol. The molecule has 6 rings (SSSR count). The summed E-state index contributed by atoms with van der Waals surface area (Å²) in [5.74, 6) is 3.63. The summed E-state index contributed by atoms with van der Waals surface area (Å²) in [5.41, 5.74) is -0.245. The summed E-state index contributed by atoms with van der Waals surface area (Å²) in [7, 11) is 1.79. The van der Waals surface area contributed by atoms with Gasteiger partial charge in [0.05, 0.1) is 6.54 Å². The molecule has 1 aromatic carbocycles. The van der Waals surface area contributed by atoms with E-state index in [-0.39, 0.29) is 29.3 Å². The number of carbonyl (C=O) groups excluding carboxylic acids is 2. The van der Waals surface area contributed by atoms with E-state index in [0.717, 1.165) is 25.0 Å². The number of nitrogens with zero attached hydrogens (tertiary/aromatic N) is 1. The molecule has 2 amide bonds. The molecule has 1 heterocycles. The summed E-state index contributed by atoms with van der Waals surface area (Å²) in [5, 5.41) is 3.20. The third-order valence-corrected chi connectivity index (χ3v) is 8.16. The van der Waals surface area contributed by atoms with Crippen LogP contribution in [0.15, 0.2) is 24.3 Å². The topological polar surface area (TPSA) is 67.9 Å². The minimum atomic E-state index is -0.516. The summed E-state index contributed by atoms with van der Waals surface area (Å²) in [6.45, 7) is 4.84. The maximum atomic E-state index is 13.5. The first-order valence-electron chi connectivity index (χ1n) is 12.3. The molecule has 0 aromatic heterocycles. The van der Waals surface area contributed by atoms with Gasteiger partial charge in [0.1, 0.15) is 12.6 Å². The van der Waals surface area contributed by atoms with Gasteiger partial charge in [0, 0.05) is 12.5 Å². The fourth-order valence-corrected chi connectivity index (χ4v) is 6.98. The van der Waals surface area contributed by atoms with E-state index in [2.05, 4.69) is 5.32 Å². The Balaban J connectivity index is 1.23. The third kappa shape index (κ3) is 3.97. The Morgan fingerprint density at radius 3 is 2.25 bits per heavy atom. The maximum absolute atomic E-state index is 13.5. The van der Waals surface area contributed by atoms with Crippen LogP contribution in [-0.4, -0.2) is 49.1 Å². The van der Waals surface area contributed by atoms with Gasteiger partial charge in [0.15, 0.2) is 17.6 Å². The SMILES string of the molecule is CC(C)[C@H](NC(=O)C12CC3CC(CC(C3)C1)C2)C(=O)N(C)C[C@H]1COc2ccccc2O1. The molecule has 5 aliphatic rings.